The zero-order chi connectivity index (χ0) is 14.6. The SMILES string of the molecule is CC(NS(=O)(=O)c1cnn(CCCN)c1)c1ncn[nH]1. The van der Waals surface area contributed by atoms with Gasteiger partial charge in [-0.25, -0.2) is 18.1 Å². The van der Waals surface area contributed by atoms with E-state index in [2.05, 4.69) is 25.0 Å². The largest absolute Gasteiger partial charge is 0.330 e. The smallest absolute Gasteiger partial charge is 0.244 e. The Morgan fingerprint density at radius 3 is 3.00 bits per heavy atom. The van der Waals surface area contributed by atoms with Crippen molar-refractivity contribution in [3.8, 4) is 0 Å². The van der Waals surface area contributed by atoms with Gasteiger partial charge in [0.1, 0.15) is 17.0 Å². The molecule has 110 valence electrons. The number of nitrogens with one attached hydrogen (secondary N) is 2. The van der Waals surface area contributed by atoms with Crippen LogP contribution in [0.2, 0.25) is 0 Å². The third-order valence-electron chi connectivity index (χ3n) is 2.69. The van der Waals surface area contributed by atoms with Gasteiger partial charge < -0.3 is 5.73 Å². The lowest BCUT2D eigenvalue weighted by Gasteiger charge is -2.10. The van der Waals surface area contributed by atoms with Crippen molar-refractivity contribution in [2.24, 2.45) is 5.73 Å². The van der Waals surface area contributed by atoms with Gasteiger partial charge in [-0.1, -0.05) is 0 Å². The van der Waals surface area contributed by atoms with E-state index in [0.717, 1.165) is 6.42 Å². The summed E-state index contributed by atoms with van der Waals surface area (Å²) in [6.07, 6.45) is 4.85. The quantitative estimate of drug-likeness (QED) is 0.625. The van der Waals surface area contributed by atoms with Crippen molar-refractivity contribution >= 4 is 10.0 Å². The first kappa shape index (κ1) is 14.6. The molecule has 0 radical (unpaired) electrons. The van der Waals surface area contributed by atoms with Crippen LogP contribution in [0.1, 0.15) is 25.2 Å². The number of sulfonamides is 1. The monoisotopic (exact) mass is 299 g/mol. The van der Waals surface area contributed by atoms with Crippen LogP contribution in [0.15, 0.2) is 23.6 Å². The van der Waals surface area contributed by atoms with Crippen LogP contribution >= 0.6 is 0 Å². The standard InChI is InChI=1S/C10H17N7O2S/c1-8(10-12-7-13-15-10)16-20(18,19)9-5-14-17(6-9)4-2-3-11/h5-8,16H,2-4,11H2,1H3,(H,12,13,15). The molecule has 2 aromatic rings. The van der Waals surface area contributed by atoms with E-state index >= 15 is 0 Å². The summed E-state index contributed by atoms with van der Waals surface area (Å²) >= 11 is 0. The van der Waals surface area contributed by atoms with Crippen LogP contribution in [-0.2, 0) is 16.6 Å². The van der Waals surface area contributed by atoms with Crippen molar-refractivity contribution in [3.05, 3.63) is 24.5 Å². The van der Waals surface area contributed by atoms with Crippen LogP contribution in [0.25, 0.3) is 0 Å². The first-order chi connectivity index (χ1) is 9.53. The summed E-state index contributed by atoms with van der Waals surface area (Å²) in [5.41, 5.74) is 5.40. The van der Waals surface area contributed by atoms with Crippen molar-refractivity contribution < 1.29 is 8.42 Å². The maximum Gasteiger partial charge on any atom is 0.244 e. The van der Waals surface area contributed by atoms with Gasteiger partial charge in [0.05, 0.1) is 12.2 Å². The molecule has 2 aromatic heterocycles. The fourth-order valence-electron chi connectivity index (χ4n) is 1.64. The average molecular weight is 299 g/mol. The van der Waals surface area contributed by atoms with E-state index < -0.39 is 16.1 Å². The Hall–Kier alpha value is -1.78. The molecule has 4 N–H and O–H groups in total. The molecule has 9 nitrogen and oxygen atoms in total. The van der Waals surface area contributed by atoms with Gasteiger partial charge >= 0.3 is 0 Å². The Kier molecular flexibility index (Phi) is 4.47. The van der Waals surface area contributed by atoms with Crippen LogP contribution in [0.4, 0.5) is 0 Å². The summed E-state index contributed by atoms with van der Waals surface area (Å²) in [5, 5.41) is 10.3. The number of aromatic amines is 1. The van der Waals surface area contributed by atoms with Crippen LogP contribution < -0.4 is 10.5 Å². The molecule has 0 aromatic carbocycles. The maximum atomic E-state index is 12.2. The molecule has 0 spiro atoms. The maximum absolute atomic E-state index is 12.2. The lowest BCUT2D eigenvalue weighted by molar-refractivity contribution is 0.558. The molecule has 1 atom stereocenters. The minimum Gasteiger partial charge on any atom is -0.330 e. The highest BCUT2D eigenvalue weighted by Gasteiger charge is 2.21. The van der Waals surface area contributed by atoms with E-state index in [-0.39, 0.29) is 4.90 Å². The number of aromatic nitrogens is 5. The second kappa shape index (κ2) is 6.11. The molecule has 1 unspecified atom stereocenters. The summed E-state index contributed by atoms with van der Waals surface area (Å²) < 4.78 is 28.4. The minimum absolute atomic E-state index is 0.112. The molecule has 0 saturated carbocycles. The molecule has 20 heavy (non-hydrogen) atoms. The molecule has 2 heterocycles. The van der Waals surface area contributed by atoms with Gasteiger partial charge in [-0.05, 0) is 19.9 Å². The lowest BCUT2D eigenvalue weighted by Crippen LogP contribution is -2.27. The molecule has 0 aliphatic heterocycles. The fourth-order valence-corrected chi connectivity index (χ4v) is 2.80. The molecule has 0 bridgehead atoms. The van der Waals surface area contributed by atoms with Gasteiger partial charge in [-0.3, -0.25) is 9.78 Å². The minimum atomic E-state index is -3.64. The first-order valence-corrected chi connectivity index (χ1v) is 7.61. The Morgan fingerprint density at radius 2 is 2.35 bits per heavy atom. The number of nitrogens with zero attached hydrogens (tertiary/aromatic N) is 4. The summed E-state index contributed by atoms with van der Waals surface area (Å²) in [6.45, 7) is 2.79. The highest BCUT2D eigenvalue weighted by Crippen LogP contribution is 2.13. The Morgan fingerprint density at radius 1 is 1.55 bits per heavy atom. The Balaban J connectivity index is 2.08. The van der Waals surface area contributed by atoms with E-state index in [1.165, 1.54) is 18.7 Å². The summed E-state index contributed by atoms with van der Waals surface area (Å²) in [4.78, 5) is 4.02. The molecule has 0 saturated heterocycles. The van der Waals surface area contributed by atoms with Gasteiger partial charge in [0.2, 0.25) is 10.0 Å². The third kappa shape index (κ3) is 3.40. The van der Waals surface area contributed by atoms with E-state index in [4.69, 9.17) is 5.73 Å². The van der Waals surface area contributed by atoms with Gasteiger partial charge in [0.15, 0.2) is 0 Å². The second-order valence-electron chi connectivity index (χ2n) is 4.30. The molecular formula is C10H17N7O2S. The van der Waals surface area contributed by atoms with E-state index in [1.54, 1.807) is 11.6 Å². The number of H-pyrrole nitrogens is 1. The molecule has 0 aliphatic rings. The van der Waals surface area contributed by atoms with Gasteiger partial charge in [0, 0.05) is 12.7 Å². The van der Waals surface area contributed by atoms with Crippen molar-refractivity contribution in [2.45, 2.75) is 30.8 Å². The predicted octanol–water partition coefficient (Wildman–Crippen LogP) is -0.610. The number of aryl methyl sites for hydroxylation is 1. The number of rotatable bonds is 7. The van der Waals surface area contributed by atoms with Gasteiger partial charge in [0.25, 0.3) is 0 Å². The topological polar surface area (TPSA) is 132 Å². The number of nitrogens with two attached hydrogens (primary N) is 1. The fraction of sp³-hybridized carbons (Fsp3) is 0.500. The molecule has 2 rings (SSSR count). The molecule has 10 heteroatoms. The highest BCUT2D eigenvalue weighted by molar-refractivity contribution is 7.89. The second-order valence-corrected chi connectivity index (χ2v) is 6.01. The summed E-state index contributed by atoms with van der Waals surface area (Å²) in [7, 11) is -3.64. The van der Waals surface area contributed by atoms with Crippen molar-refractivity contribution in [3.63, 3.8) is 0 Å². The van der Waals surface area contributed by atoms with E-state index in [0.29, 0.717) is 18.9 Å². The average Bonchev–Trinajstić information content (AvgIpc) is 3.07. The van der Waals surface area contributed by atoms with E-state index in [9.17, 15) is 8.42 Å². The first-order valence-electron chi connectivity index (χ1n) is 6.13. The van der Waals surface area contributed by atoms with Crippen molar-refractivity contribution in [2.75, 3.05) is 6.54 Å². The van der Waals surface area contributed by atoms with Crippen LogP contribution in [0.3, 0.4) is 0 Å². The molecular weight excluding hydrogens is 282 g/mol. The van der Waals surface area contributed by atoms with Gasteiger partial charge in [-0.2, -0.15) is 10.2 Å². The summed E-state index contributed by atoms with van der Waals surface area (Å²) in [5.74, 6) is 0.448. The van der Waals surface area contributed by atoms with Crippen LogP contribution in [-0.4, -0.2) is 39.9 Å². The zero-order valence-corrected chi connectivity index (χ0v) is 11.8. The molecule has 0 fully saturated rings. The Bertz CT molecular complexity index is 634. The number of hydrogen-bond acceptors (Lipinski definition) is 6. The zero-order valence-electron chi connectivity index (χ0n) is 11.0. The van der Waals surface area contributed by atoms with Crippen molar-refractivity contribution in [1.29, 1.82) is 0 Å². The normalized spacial score (nSPS) is 13.5. The van der Waals surface area contributed by atoms with Crippen LogP contribution in [0.5, 0.6) is 0 Å². The molecule has 0 amide bonds. The van der Waals surface area contributed by atoms with Gasteiger partial charge in [-0.15, -0.1) is 0 Å². The lowest BCUT2D eigenvalue weighted by atomic mass is 10.3. The number of hydrogen-bond donors (Lipinski definition) is 3. The highest BCUT2D eigenvalue weighted by atomic mass is 32.2. The van der Waals surface area contributed by atoms with E-state index in [1.807, 2.05) is 0 Å². The predicted molar refractivity (Wildman–Crippen MR) is 71.0 cm³/mol. The summed E-state index contributed by atoms with van der Waals surface area (Å²) in [6, 6.07) is -0.505. The third-order valence-corrected chi connectivity index (χ3v) is 4.18. The molecule has 0 aliphatic carbocycles. The van der Waals surface area contributed by atoms with Crippen LogP contribution in [0, 0.1) is 0 Å². The Labute approximate surface area is 116 Å². The van der Waals surface area contributed by atoms with Crippen molar-refractivity contribution in [1.82, 2.24) is 29.7 Å².